The van der Waals surface area contributed by atoms with Gasteiger partial charge >= 0.3 is 0 Å². The minimum absolute atomic E-state index is 0.894. The first-order valence-corrected chi connectivity index (χ1v) is 7.35. The molecule has 2 heteroatoms. The van der Waals surface area contributed by atoms with E-state index in [1.165, 1.54) is 36.9 Å². The summed E-state index contributed by atoms with van der Waals surface area (Å²) in [6.45, 7) is 11.4. The van der Waals surface area contributed by atoms with Crippen molar-refractivity contribution in [2.24, 2.45) is 0 Å². The Morgan fingerprint density at radius 3 is 2.15 bits per heavy atom. The molecule has 0 bridgehead atoms. The second kappa shape index (κ2) is 8.51. The van der Waals surface area contributed by atoms with Crippen molar-refractivity contribution in [3.63, 3.8) is 0 Å². The monoisotopic (exact) mass is 200 g/mol. The first-order valence-electron chi connectivity index (χ1n) is 5.49. The summed E-state index contributed by atoms with van der Waals surface area (Å²) in [5.41, 5.74) is 0. The van der Waals surface area contributed by atoms with Crippen LogP contribution in [0, 0.1) is 0 Å². The quantitative estimate of drug-likeness (QED) is 0.620. The zero-order valence-corrected chi connectivity index (χ0v) is 10.6. The van der Waals surface area contributed by atoms with Crippen LogP contribution in [0.25, 0.3) is 0 Å². The Morgan fingerprint density at radius 1 is 1.31 bits per heavy atom. The molecule has 0 amide bonds. The van der Waals surface area contributed by atoms with Crippen molar-refractivity contribution >= 4 is 9.04 Å². The molecule has 0 spiro atoms. The van der Waals surface area contributed by atoms with E-state index in [-0.39, 0.29) is 0 Å². The number of hydrogen-bond acceptors (Lipinski definition) is 1. The lowest BCUT2D eigenvalue weighted by Crippen LogP contribution is -2.24. The summed E-state index contributed by atoms with van der Waals surface area (Å²) in [5.74, 6) is 0. The Kier molecular flexibility index (Phi) is 8.46. The largest absolute Gasteiger partial charge is 0.416 e. The highest BCUT2D eigenvalue weighted by Gasteiger charge is 2.15. The van der Waals surface area contributed by atoms with Crippen LogP contribution in [0.1, 0.15) is 46.5 Å². The Bertz CT molecular complexity index is 126. The maximum Gasteiger partial charge on any atom is 0.203 e. The number of unbranched alkanes of at least 4 members (excludes halogenated alkanes) is 1. The fourth-order valence-corrected chi connectivity index (χ4v) is 3.18. The molecule has 0 N–H and O–H groups in total. The molecule has 1 rings (SSSR count). The molecule has 0 radical (unpaired) electrons. The molecule has 1 aliphatic rings. The van der Waals surface area contributed by atoms with Crippen molar-refractivity contribution in [1.29, 1.82) is 0 Å². The third kappa shape index (κ3) is 7.02. The van der Waals surface area contributed by atoms with Crippen LogP contribution >= 0.6 is 0 Å². The second-order valence-electron chi connectivity index (χ2n) is 3.70. The first-order chi connectivity index (χ1) is 6.22. The average molecular weight is 200 g/mol. The summed E-state index contributed by atoms with van der Waals surface area (Å²) in [5, 5.41) is 1.31. The lowest BCUT2D eigenvalue weighted by atomic mass is 10.4. The summed E-state index contributed by atoms with van der Waals surface area (Å²) in [6, 6.07) is 1.31. The molecule has 1 aliphatic heterocycles. The summed E-state index contributed by atoms with van der Waals surface area (Å²) in [4.78, 5) is 0. The van der Waals surface area contributed by atoms with Gasteiger partial charge in [0.05, 0.1) is 0 Å². The van der Waals surface area contributed by atoms with Crippen molar-refractivity contribution in [3.8, 4) is 0 Å². The highest BCUT2D eigenvalue weighted by Crippen LogP contribution is 2.14. The van der Waals surface area contributed by atoms with Crippen LogP contribution in [0.15, 0.2) is 11.8 Å². The molecule has 0 aromatic heterocycles. The van der Waals surface area contributed by atoms with Gasteiger partial charge in [-0.1, -0.05) is 38.3 Å². The fourth-order valence-electron chi connectivity index (χ4n) is 1.13. The fraction of sp³-hybridized carbons (Fsp3) is 0.818. The van der Waals surface area contributed by atoms with Crippen molar-refractivity contribution in [2.75, 3.05) is 6.61 Å². The summed E-state index contributed by atoms with van der Waals surface area (Å²) < 4.78 is 5.58. The number of rotatable bonds is 2. The van der Waals surface area contributed by atoms with Gasteiger partial charge in [0.1, 0.15) is 0 Å². The predicted octanol–water partition coefficient (Wildman–Crippen LogP) is 3.44. The van der Waals surface area contributed by atoms with Gasteiger partial charge in [-0.25, -0.2) is 0 Å². The molecule has 0 saturated carbocycles. The standard InChI is InChI=1S/C7H14OSi.C4H10/c1-7(2)9-6-4-3-5-8-9;1-3-4-2/h9H,1,3-6H2,2H3;3-4H2,1-2H3. The third-order valence-corrected chi connectivity index (χ3v) is 4.90. The maximum atomic E-state index is 5.58. The molecular weight excluding hydrogens is 176 g/mol. The zero-order valence-electron chi connectivity index (χ0n) is 9.44. The highest BCUT2D eigenvalue weighted by atomic mass is 28.3. The number of hydrogen-bond donors (Lipinski definition) is 0. The topological polar surface area (TPSA) is 9.23 Å². The minimum atomic E-state index is -0.894. The summed E-state index contributed by atoms with van der Waals surface area (Å²) in [7, 11) is -0.894. The average Bonchev–Trinajstić information content (AvgIpc) is 2.19. The number of allylic oxidation sites excluding steroid dienone is 1. The molecule has 1 atom stereocenters. The van der Waals surface area contributed by atoms with Gasteiger partial charge in [0.2, 0.25) is 9.04 Å². The van der Waals surface area contributed by atoms with E-state index in [0.29, 0.717) is 0 Å². The zero-order chi connectivity index (χ0) is 10.1. The third-order valence-electron chi connectivity index (χ3n) is 2.23. The van der Waals surface area contributed by atoms with E-state index in [0.717, 1.165) is 6.61 Å². The molecule has 78 valence electrons. The van der Waals surface area contributed by atoms with E-state index in [2.05, 4.69) is 27.4 Å². The Hall–Kier alpha value is -0.0831. The van der Waals surface area contributed by atoms with E-state index in [9.17, 15) is 0 Å². The van der Waals surface area contributed by atoms with Gasteiger partial charge in [-0.2, -0.15) is 0 Å². The lowest BCUT2D eigenvalue weighted by molar-refractivity contribution is 0.292. The molecular formula is C11H24OSi. The molecule has 1 fully saturated rings. The van der Waals surface area contributed by atoms with E-state index in [4.69, 9.17) is 4.43 Å². The van der Waals surface area contributed by atoms with Crippen LogP contribution in [0.5, 0.6) is 0 Å². The van der Waals surface area contributed by atoms with Gasteiger partial charge in [0.25, 0.3) is 0 Å². The van der Waals surface area contributed by atoms with Gasteiger partial charge in [-0.05, 0) is 19.4 Å². The van der Waals surface area contributed by atoms with Gasteiger partial charge < -0.3 is 4.43 Å². The van der Waals surface area contributed by atoms with Crippen LogP contribution in [-0.2, 0) is 4.43 Å². The van der Waals surface area contributed by atoms with E-state index >= 15 is 0 Å². The SMILES string of the molecule is C=C(C)[SiH]1CCCCO1.CCCC. The second-order valence-corrected chi connectivity index (χ2v) is 6.58. The van der Waals surface area contributed by atoms with Crippen LogP contribution in [0.4, 0.5) is 0 Å². The molecule has 0 aromatic rings. The lowest BCUT2D eigenvalue weighted by Gasteiger charge is -2.20. The molecule has 1 nitrogen and oxygen atoms in total. The summed E-state index contributed by atoms with van der Waals surface area (Å²) in [6.07, 6.45) is 5.26. The normalized spacial score (nSPS) is 21.6. The van der Waals surface area contributed by atoms with E-state index < -0.39 is 9.04 Å². The van der Waals surface area contributed by atoms with Gasteiger partial charge in [-0.3, -0.25) is 0 Å². The molecule has 0 aromatic carbocycles. The van der Waals surface area contributed by atoms with E-state index in [1.807, 2.05) is 0 Å². The van der Waals surface area contributed by atoms with Gasteiger partial charge in [0.15, 0.2) is 0 Å². The van der Waals surface area contributed by atoms with Crippen LogP contribution < -0.4 is 0 Å². The Balaban J connectivity index is 0.000000310. The van der Waals surface area contributed by atoms with Crippen molar-refractivity contribution in [2.45, 2.75) is 52.5 Å². The minimum Gasteiger partial charge on any atom is -0.416 e. The molecule has 13 heavy (non-hydrogen) atoms. The predicted molar refractivity (Wildman–Crippen MR) is 62.5 cm³/mol. The van der Waals surface area contributed by atoms with Crippen molar-refractivity contribution < 1.29 is 4.43 Å². The maximum absolute atomic E-state index is 5.58. The van der Waals surface area contributed by atoms with Crippen LogP contribution in [-0.4, -0.2) is 15.6 Å². The molecule has 1 unspecified atom stereocenters. The smallest absolute Gasteiger partial charge is 0.203 e. The highest BCUT2D eigenvalue weighted by molar-refractivity contribution is 6.60. The van der Waals surface area contributed by atoms with E-state index in [1.54, 1.807) is 0 Å². The molecule has 1 heterocycles. The first kappa shape index (κ1) is 12.9. The summed E-state index contributed by atoms with van der Waals surface area (Å²) >= 11 is 0. The van der Waals surface area contributed by atoms with Gasteiger partial charge in [-0.15, -0.1) is 6.58 Å². The molecule has 1 saturated heterocycles. The molecule has 0 aliphatic carbocycles. The Morgan fingerprint density at radius 2 is 1.92 bits per heavy atom. The van der Waals surface area contributed by atoms with Crippen LogP contribution in [0.3, 0.4) is 0 Å². The van der Waals surface area contributed by atoms with Crippen molar-refractivity contribution in [1.82, 2.24) is 0 Å². The Labute approximate surface area is 84.9 Å². The van der Waals surface area contributed by atoms with Crippen molar-refractivity contribution in [3.05, 3.63) is 11.8 Å². The van der Waals surface area contributed by atoms with Crippen LogP contribution in [0.2, 0.25) is 6.04 Å². The van der Waals surface area contributed by atoms with Gasteiger partial charge in [0, 0.05) is 6.61 Å².